The number of hydrogen-bond acceptors (Lipinski definition) is 5. The number of hydrogen-bond donors (Lipinski definition) is 0. The van der Waals surface area contributed by atoms with Gasteiger partial charge in [0.25, 0.3) is 0 Å². The minimum atomic E-state index is 0. The Morgan fingerprint density at radius 1 is 0.679 bits per heavy atom. The van der Waals surface area contributed by atoms with E-state index >= 15 is 0 Å². The molecule has 280 valence electrons. The molecular weight excluding hydrogens is 683 g/mol. The highest BCUT2D eigenvalue weighted by Gasteiger charge is 2.39. The molecule has 0 N–H and O–H groups in total. The Morgan fingerprint density at radius 2 is 1.23 bits per heavy atom. The van der Waals surface area contributed by atoms with E-state index < -0.39 is 0 Å². The average Bonchev–Trinajstić information content (AvgIpc) is 4.02. The van der Waals surface area contributed by atoms with Crippen LogP contribution >= 0.6 is 0 Å². The van der Waals surface area contributed by atoms with E-state index in [4.69, 9.17) is 15.0 Å². The van der Waals surface area contributed by atoms with Gasteiger partial charge in [0.15, 0.2) is 5.82 Å². The second-order valence-corrected chi connectivity index (χ2v) is 14.5. The van der Waals surface area contributed by atoms with Crippen molar-refractivity contribution in [3.63, 3.8) is 0 Å². The van der Waals surface area contributed by atoms with Crippen LogP contribution < -0.4 is 9.80 Å². The highest BCUT2D eigenvalue weighted by atomic mass is 15.3. The van der Waals surface area contributed by atoms with Gasteiger partial charge in [-0.25, -0.2) is 0 Å². The van der Waals surface area contributed by atoms with Crippen molar-refractivity contribution in [1.82, 2.24) is 15.0 Å². The predicted molar refractivity (Wildman–Crippen MR) is 237 cm³/mol. The largest absolute Gasteiger partial charge is 0.279 e. The lowest BCUT2D eigenvalue weighted by Crippen LogP contribution is -2.21. The summed E-state index contributed by atoms with van der Waals surface area (Å²) in [7, 11) is 0. The van der Waals surface area contributed by atoms with Crippen LogP contribution in [0.15, 0.2) is 188 Å². The first-order valence-electron chi connectivity index (χ1n) is 19.0. The molecule has 5 aromatic carbocycles. The molecule has 0 amide bonds. The highest BCUT2D eigenvalue weighted by molar-refractivity contribution is 5.81. The van der Waals surface area contributed by atoms with E-state index in [1.54, 1.807) is 6.08 Å². The van der Waals surface area contributed by atoms with E-state index in [0.29, 0.717) is 29.6 Å². The zero-order valence-corrected chi connectivity index (χ0v) is 32.0. The molecule has 6 aromatic rings. The van der Waals surface area contributed by atoms with Gasteiger partial charge in [-0.3, -0.25) is 9.80 Å². The fourth-order valence-corrected chi connectivity index (χ4v) is 6.73. The molecule has 1 aromatic heterocycles. The van der Waals surface area contributed by atoms with Crippen LogP contribution in [0.25, 0.3) is 28.1 Å². The number of rotatable bonds is 10. The Morgan fingerprint density at radius 3 is 1.91 bits per heavy atom. The average molecular weight is 734 g/mol. The Balaban J connectivity index is 0.00000102. The second kappa shape index (κ2) is 18.2. The van der Waals surface area contributed by atoms with Gasteiger partial charge in [-0.1, -0.05) is 168 Å². The van der Waals surface area contributed by atoms with Crippen molar-refractivity contribution in [3.8, 4) is 22.5 Å². The fourth-order valence-electron chi connectivity index (χ4n) is 6.73. The van der Waals surface area contributed by atoms with E-state index in [-0.39, 0.29) is 7.43 Å². The summed E-state index contributed by atoms with van der Waals surface area (Å²) in [6, 6.07) is 47.9. The van der Waals surface area contributed by atoms with Gasteiger partial charge in [0.05, 0.1) is 11.4 Å². The Hall–Kier alpha value is -6.55. The van der Waals surface area contributed by atoms with Crippen molar-refractivity contribution in [2.45, 2.75) is 41.5 Å². The van der Waals surface area contributed by atoms with Crippen LogP contribution in [0.3, 0.4) is 0 Å². The first kappa shape index (κ1) is 39.2. The van der Waals surface area contributed by atoms with E-state index in [1.807, 2.05) is 72.5 Å². The molecule has 0 saturated heterocycles. The number of benzene rings is 5. The number of nitrogens with zero attached hydrogens (tertiary/aromatic N) is 5. The van der Waals surface area contributed by atoms with Crippen LogP contribution in [0.2, 0.25) is 0 Å². The molecule has 0 spiro atoms. The maximum absolute atomic E-state index is 5.29. The number of aromatic nitrogens is 3. The lowest BCUT2D eigenvalue weighted by molar-refractivity contribution is 0.737. The van der Waals surface area contributed by atoms with Gasteiger partial charge < -0.3 is 0 Å². The van der Waals surface area contributed by atoms with Gasteiger partial charge in [0.2, 0.25) is 11.9 Å². The molecule has 0 aliphatic heterocycles. The van der Waals surface area contributed by atoms with E-state index in [9.17, 15) is 0 Å². The summed E-state index contributed by atoms with van der Waals surface area (Å²) in [5.74, 6) is 3.62. The van der Waals surface area contributed by atoms with E-state index in [1.165, 1.54) is 17.6 Å². The van der Waals surface area contributed by atoms with Crippen molar-refractivity contribution in [3.05, 3.63) is 193 Å². The Bertz CT molecular complexity index is 2370. The van der Waals surface area contributed by atoms with Crippen molar-refractivity contribution < 1.29 is 0 Å². The molecule has 2 aliphatic carbocycles. The minimum absolute atomic E-state index is 0. The molecule has 1 heterocycles. The van der Waals surface area contributed by atoms with E-state index in [2.05, 4.69) is 141 Å². The van der Waals surface area contributed by atoms with Crippen molar-refractivity contribution in [1.29, 1.82) is 0 Å². The normalized spacial score (nSPS) is 14.8. The van der Waals surface area contributed by atoms with Crippen LogP contribution in [0.5, 0.6) is 0 Å². The third kappa shape index (κ3) is 9.21. The van der Waals surface area contributed by atoms with Crippen LogP contribution in [-0.2, 0) is 0 Å². The van der Waals surface area contributed by atoms with E-state index in [0.717, 1.165) is 45.4 Å². The molecule has 0 radical (unpaired) electrons. The van der Waals surface area contributed by atoms with Crippen LogP contribution in [-0.4, -0.2) is 15.0 Å². The first-order chi connectivity index (χ1) is 26.9. The van der Waals surface area contributed by atoms with Crippen LogP contribution in [0.4, 0.5) is 29.0 Å². The second-order valence-electron chi connectivity index (χ2n) is 14.5. The number of para-hydroxylation sites is 1. The standard InChI is InChI=1S/C46H37N5.C4H10.CH4/c1-3-4-17-33(2)50(40-27-14-22-36(30-40)34-18-8-5-9-19-34)45-47-44(35-20-10-6-11-21-35)48-46(49-45)51(39-25-12-7-13-26-39)41-28-15-23-37(31-41)42-29-16-24-38-32-43(38)42;1-4(2)3;/h3-16,18-31,38,43H,1,32H2,2H3;4H,1-3H3;1H4. The molecular formula is C51H51N5. The molecule has 2 unspecified atom stereocenters. The summed E-state index contributed by atoms with van der Waals surface area (Å²) < 4.78 is 0. The summed E-state index contributed by atoms with van der Waals surface area (Å²) >= 11 is 0. The topological polar surface area (TPSA) is 45.2 Å². The zero-order valence-electron chi connectivity index (χ0n) is 32.0. The van der Waals surface area contributed by atoms with Crippen molar-refractivity contribution in [2.75, 3.05) is 9.80 Å². The summed E-state index contributed by atoms with van der Waals surface area (Å²) in [5, 5.41) is 0. The van der Waals surface area contributed by atoms with Crippen molar-refractivity contribution in [2.24, 2.45) is 17.8 Å². The van der Waals surface area contributed by atoms with Crippen LogP contribution in [0.1, 0.15) is 47.1 Å². The number of allylic oxidation sites excluding steroid dienone is 6. The molecule has 2 atom stereocenters. The van der Waals surface area contributed by atoms with Crippen molar-refractivity contribution >= 4 is 34.5 Å². The number of anilines is 5. The molecule has 5 nitrogen and oxygen atoms in total. The maximum atomic E-state index is 5.29. The van der Waals surface area contributed by atoms with Gasteiger partial charge in [-0.2, -0.15) is 15.0 Å². The molecule has 56 heavy (non-hydrogen) atoms. The monoisotopic (exact) mass is 733 g/mol. The first-order valence-corrected chi connectivity index (χ1v) is 19.0. The molecule has 0 bridgehead atoms. The molecule has 5 heteroatoms. The fraction of sp³-hybridized carbons (Fsp3) is 0.176. The lowest BCUT2D eigenvalue weighted by atomic mass is 9.96. The third-order valence-corrected chi connectivity index (χ3v) is 9.33. The van der Waals surface area contributed by atoms with Crippen LogP contribution in [0, 0.1) is 17.8 Å². The summed E-state index contributed by atoms with van der Waals surface area (Å²) in [6.07, 6.45) is 11.5. The predicted octanol–water partition coefficient (Wildman–Crippen LogP) is 13.9. The molecule has 1 saturated carbocycles. The Kier molecular flexibility index (Phi) is 12.7. The van der Waals surface area contributed by atoms with Gasteiger partial charge in [-0.05, 0) is 95.8 Å². The van der Waals surface area contributed by atoms with Gasteiger partial charge in [0, 0.05) is 16.9 Å². The van der Waals surface area contributed by atoms with Gasteiger partial charge >= 0.3 is 0 Å². The summed E-state index contributed by atoms with van der Waals surface area (Å²) in [4.78, 5) is 19.8. The maximum Gasteiger partial charge on any atom is 0.240 e. The zero-order chi connectivity index (χ0) is 38.1. The van der Waals surface area contributed by atoms with Gasteiger partial charge in [0.1, 0.15) is 0 Å². The molecule has 1 fully saturated rings. The summed E-state index contributed by atoms with van der Waals surface area (Å²) in [6.45, 7) is 12.4. The third-order valence-electron chi connectivity index (χ3n) is 9.33. The summed E-state index contributed by atoms with van der Waals surface area (Å²) in [5.41, 5.74) is 12.7. The molecule has 8 rings (SSSR count). The lowest BCUT2D eigenvalue weighted by Gasteiger charge is -2.27. The number of fused-ring (bicyclic) bond motifs is 1. The quantitative estimate of drug-likeness (QED) is 0.104. The molecule has 2 aliphatic rings. The smallest absolute Gasteiger partial charge is 0.240 e. The Labute approximate surface area is 333 Å². The van der Waals surface area contributed by atoms with Gasteiger partial charge in [-0.15, -0.1) is 0 Å². The minimum Gasteiger partial charge on any atom is -0.279 e. The SMILES string of the molecule is C.C=CC=C=C(C)N(c1cccc(-c2ccccc2)c1)c1nc(-c2ccccc2)nc(N(c2ccccc2)c2cccc(C3=CC=CC4CC34)c2)n1.CC(C)C. The highest BCUT2D eigenvalue weighted by Crippen LogP contribution is 2.51.